The van der Waals surface area contributed by atoms with Gasteiger partial charge in [-0.15, -0.1) is 0 Å². The third-order valence-corrected chi connectivity index (χ3v) is 3.84. The van der Waals surface area contributed by atoms with Gasteiger partial charge >= 0.3 is 0 Å². The third kappa shape index (κ3) is 2.50. The van der Waals surface area contributed by atoms with Crippen molar-refractivity contribution in [2.24, 2.45) is 0 Å². The molecule has 0 bridgehead atoms. The Morgan fingerprint density at radius 2 is 1.57 bits per heavy atom. The molecule has 0 spiro atoms. The van der Waals surface area contributed by atoms with E-state index < -0.39 is 0 Å². The molecule has 0 saturated heterocycles. The lowest BCUT2D eigenvalue weighted by atomic mass is 10.2. The molecule has 0 atom stereocenters. The molecule has 3 aromatic rings. The number of rotatable bonds is 4. The van der Waals surface area contributed by atoms with Gasteiger partial charge in [-0.1, -0.05) is 25.1 Å². The number of nitrogens with two attached hydrogens (primary N) is 1. The van der Waals surface area contributed by atoms with Crippen LogP contribution in [0, 0.1) is 0 Å². The van der Waals surface area contributed by atoms with E-state index >= 15 is 0 Å². The molecule has 5 nitrogen and oxygen atoms in total. The predicted octanol–water partition coefficient (Wildman–Crippen LogP) is 2.78. The molecule has 1 heterocycles. The summed E-state index contributed by atoms with van der Waals surface area (Å²) in [4.78, 5) is 12.7. The van der Waals surface area contributed by atoms with Gasteiger partial charge < -0.3 is 10.5 Å². The molecule has 0 aliphatic heterocycles. The topological polar surface area (TPSA) is 62.2 Å². The van der Waals surface area contributed by atoms with Crippen LogP contribution in [0.2, 0.25) is 0 Å². The van der Waals surface area contributed by atoms with E-state index in [-0.39, 0.29) is 11.2 Å². The Hall–Kier alpha value is -2.95. The minimum Gasteiger partial charge on any atom is -0.497 e. The fourth-order valence-corrected chi connectivity index (χ4v) is 2.70. The van der Waals surface area contributed by atoms with Gasteiger partial charge in [0, 0.05) is 0 Å². The fourth-order valence-electron chi connectivity index (χ4n) is 2.70. The van der Waals surface area contributed by atoms with Crippen molar-refractivity contribution in [3.8, 4) is 17.1 Å². The van der Waals surface area contributed by atoms with E-state index in [0.29, 0.717) is 6.42 Å². The number of ether oxygens (including phenoxy) is 1. The SMILES string of the molecule is CCc1c(N)c(=O)n(-c2ccc(OC)cc2)n1-c1ccccc1. The van der Waals surface area contributed by atoms with Crippen LogP contribution in [0.25, 0.3) is 11.4 Å². The van der Waals surface area contributed by atoms with Crippen molar-refractivity contribution in [3.05, 3.63) is 70.6 Å². The number of hydrogen-bond donors (Lipinski definition) is 1. The summed E-state index contributed by atoms with van der Waals surface area (Å²) in [6.45, 7) is 1.99. The molecule has 2 N–H and O–H groups in total. The molecule has 0 aliphatic rings. The van der Waals surface area contributed by atoms with E-state index in [0.717, 1.165) is 22.8 Å². The van der Waals surface area contributed by atoms with Crippen LogP contribution in [0.4, 0.5) is 5.69 Å². The first-order valence-corrected chi connectivity index (χ1v) is 7.49. The Bertz CT molecular complexity index is 862. The molecule has 1 aromatic heterocycles. The first kappa shape index (κ1) is 15.0. The maximum Gasteiger partial charge on any atom is 0.295 e. The molecule has 0 saturated carbocycles. The van der Waals surface area contributed by atoms with Crippen molar-refractivity contribution in [1.29, 1.82) is 0 Å². The van der Waals surface area contributed by atoms with Crippen molar-refractivity contribution in [2.75, 3.05) is 12.8 Å². The number of benzene rings is 2. The molecular weight excluding hydrogens is 290 g/mol. The Balaban J connectivity index is 2.29. The number of methoxy groups -OCH3 is 1. The van der Waals surface area contributed by atoms with Crippen LogP contribution in [0.5, 0.6) is 5.75 Å². The highest BCUT2D eigenvalue weighted by Gasteiger charge is 2.18. The van der Waals surface area contributed by atoms with Crippen LogP contribution in [0.3, 0.4) is 0 Å². The van der Waals surface area contributed by atoms with Gasteiger partial charge in [0.05, 0.1) is 24.2 Å². The average Bonchev–Trinajstić information content (AvgIpc) is 2.87. The van der Waals surface area contributed by atoms with Gasteiger partial charge in [-0.25, -0.2) is 9.36 Å². The monoisotopic (exact) mass is 309 g/mol. The van der Waals surface area contributed by atoms with E-state index in [4.69, 9.17) is 10.5 Å². The second kappa shape index (κ2) is 6.04. The van der Waals surface area contributed by atoms with E-state index in [2.05, 4.69) is 0 Å². The number of anilines is 1. The molecule has 2 aromatic carbocycles. The lowest BCUT2D eigenvalue weighted by molar-refractivity contribution is 0.414. The fraction of sp³-hybridized carbons (Fsp3) is 0.167. The van der Waals surface area contributed by atoms with Gasteiger partial charge in [0.1, 0.15) is 11.4 Å². The van der Waals surface area contributed by atoms with Gasteiger partial charge in [-0.2, -0.15) is 0 Å². The average molecular weight is 309 g/mol. The van der Waals surface area contributed by atoms with Crippen LogP contribution in [-0.4, -0.2) is 16.5 Å². The van der Waals surface area contributed by atoms with Crippen LogP contribution in [0.1, 0.15) is 12.6 Å². The molecule has 0 unspecified atom stereocenters. The third-order valence-electron chi connectivity index (χ3n) is 3.84. The zero-order valence-electron chi connectivity index (χ0n) is 13.2. The molecular formula is C18H19N3O2. The van der Waals surface area contributed by atoms with Crippen molar-refractivity contribution >= 4 is 5.69 Å². The molecule has 118 valence electrons. The summed E-state index contributed by atoms with van der Waals surface area (Å²) in [6, 6.07) is 17.1. The number of aromatic nitrogens is 2. The zero-order valence-corrected chi connectivity index (χ0v) is 13.2. The molecule has 23 heavy (non-hydrogen) atoms. The quantitative estimate of drug-likeness (QED) is 0.806. The highest BCUT2D eigenvalue weighted by Crippen LogP contribution is 2.21. The standard InChI is InChI=1S/C18H19N3O2/c1-3-16-17(19)18(22)21(14-9-11-15(23-2)12-10-14)20(16)13-7-5-4-6-8-13/h4-12H,3,19H2,1-2H3. The zero-order chi connectivity index (χ0) is 16.4. The summed E-state index contributed by atoms with van der Waals surface area (Å²) in [5, 5.41) is 0. The molecule has 5 heteroatoms. The smallest absolute Gasteiger partial charge is 0.295 e. The second-order valence-corrected chi connectivity index (χ2v) is 5.18. The predicted molar refractivity (Wildman–Crippen MR) is 91.7 cm³/mol. The summed E-state index contributed by atoms with van der Waals surface area (Å²) >= 11 is 0. The number of nitrogens with zero attached hydrogens (tertiary/aromatic N) is 2. The molecule has 0 aliphatic carbocycles. The number of nitrogen functional groups attached to an aromatic ring is 1. The van der Waals surface area contributed by atoms with Crippen LogP contribution < -0.4 is 16.0 Å². The van der Waals surface area contributed by atoms with Gasteiger partial charge in [-0.05, 0) is 42.8 Å². The van der Waals surface area contributed by atoms with E-state index in [9.17, 15) is 4.79 Å². The Kier molecular flexibility index (Phi) is 3.93. The maximum absolute atomic E-state index is 12.7. The minimum atomic E-state index is -0.212. The van der Waals surface area contributed by atoms with Gasteiger partial charge in [-0.3, -0.25) is 4.79 Å². The highest BCUT2D eigenvalue weighted by molar-refractivity contribution is 5.50. The number of para-hydroxylation sites is 1. The minimum absolute atomic E-state index is 0.212. The first-order valence-electron chi connectivity index (χ1n) is 7.49. The van der Waals surface area contributed by atoms with Gasteiger partial charge in [0.25, 0.3) is 5.56 Å². The van der Waals surface area contributed by atoms with Crippen molar-refractivity contribution in [2.45, 2.75) is 13.3 Å². The highest BCUT2D eigenvalue weighted by atomic mass is 16.5. The van der Waals surface area contributed by atoms with Gasteiger partial charge in [0.2, 0.25) is 0 Å². The molecule has 0 amide bonds. The van der Waals surface area contributed by atoms with Crippen LogP contribution in [0.15, 0.2) is 59.4 Å². The Morgan fingerprint density at radius 1 is 0.957 bits per heavy atom. The van der Waals surface area contributed by atoms with E-state index in [1.165, 1.54) is 0 Å². The molecule has 0 fully saturated rings. The summed E-state index contributed by atoms with van der Waals surface area (Å²) in [5.74, 6) is 0.739. The normalized spacial score (nSPS) is 10.7. The first-order chi connectivity index (χ1) is 11.2. The molecule has 0 radical (unpaired) electrons. The lowest BCUT2D eigenvalue weighted by Crippen LogP contribution is -2.21. The second-order valence-electron chi connectivity index (χ2n) is 5.18. The Labute approximate surface area is 134 Å². The van der Waals surface area contributed by atoms with Crippen molar-refractivity contribution in [3.63, 3.8) is 0 Å². The summed E-state index contributed by atoms with van der Waals surface area (Å²) in [7, 11) is 1.61. The molecule has 3 rings (SSSR count). The maximum atomic E-state index is 12.7. The largest absolute Gasteiger partial charge is 0.497 e. The summed E-state index contributed by atoms with van der Waals surface area (Å²) in [6.07, 6.45) is 0.666. The van der Waals surface area contributed by atoms with Crippen molar-refractivity contribution in [1.82, 2.24) is 9.36 Å². The van der Waals surface area contributed by atoms with Crippen LogP contribution >= 0.6 is 0 Å². The van der Waals surface area contributed by atoms with E-state index in [1.807, 2.05) is 66.2 Å². The van der Waals surface area contributed by atoms with Crippen LogP contribution in [-0.2, 0) is 6.42 Å². The number of hydrogen-bond acceptors (Lipinski definition) is 3. The van der Waals surface area contributed by atoms with Gasteiger partial charge in [0.15, 0.2) is 0 Å². The van der Waals surface area contributed by atoms with Crippen molar-refractivity contribution < 1.29 is 4.74 Å². The summed E-state index contributed by atoms with van der Waals surface area (Å²) in [5.41, 5.74) is 8.58. The lowest BCUT2D eigenvalue weighted by Gasteiger charge is -2.14. The summed E-state index contributed by atoms with van der Waals surface area (Å²) < 4.78 is 8.66. The van der Waals surface area contributed by atoms with E-state index in [1.54, 1.807) is 11.8 Å². The Morgan fingerprint density at radius 3 is 2.13 bits per heavy atom.